The number of sulfonamides is 1. The number of nitrogens with one attached hydrogen (secondary N) is 1. The lowest BCUT2D eigenvalue weighted by atomic mass is 10.3. The standard InChI is InChI=1S/C10H9F2N3O2S2/c1-5-9(18-10(13)14-5)19(16,17)15-8-3-2-6(11)4-7(8)12/h2-4,15H,1H3,(H2,13,14). The van der Waals surface area contributed by atoms with Crippen LogP contribution in [0.15, 0.2) is 22.4 Å². The topological polar surface area (TPSA) is 85.1 Å². The van der Waals surface area contributed by atoms with E-state index in [1.165, 1.54) is 6.92 Å². The van der Waals surface area contributed by atoms with Crippen LogP contribution in [0.2, 0.25) is 0 Å². The largest absolute Gasteiger partial charge is 0.375 e. The van der Waals surface area contributed by atoms with Gasteiger partial charge in [0.2, 0.25) is 0 Å². The van der Waals surface area contributed by atoms with Crippen molar-refractivity contribution in [2.45, 2.75) is 11.1 Å². The lowest BCUT2D eigenvalue weighted by Gasteiger charge is -2.07. The van der Waals surface area contributed by atoms with Crippen LogP contribution < -0.4 is 10.5 Å². The summed E-state index contributed by atoms with van der Waals surface area (Å²) in [5.74, 6) is -1.79. The molecule has 0 aliphatic heterocycles. The molecule has 0 fully saturated rings. The number of halogens is 2. The highest BCUT2D eigenvalue weighted by molar-refractivity contribution is 7.94. The van der Waals surface area contributed by atoms with Crippen LogP contribution in [0.1, 0.15) is 5.69 Å². The number of rotatable bonds is 3. The van der Waals surface area contributed by atoms with E-state index in [2.05, 4.69) is 4.98 Å². The van der Waals surface area contributed by atoms with Gasteiger partial charge in [0.05, 0.1) is 11.4 Å². The van der Waals surface area contributed by atoms with E-state index >= 15 is 0 Å². The van der Waals surface area contributed by atoms with Crippen molar-refractivity contribution in [2.75, 3.05) is 10.5 Å². The lowest BCUT2D eigenvalue weighted by Crippen LogP contribution is -2.13. The number of nitrogen functional groups attached to an aromatic ring is 1. The first kappa shape index (κ1) is 13.7. The molecule has 9 heteroatoms. The minimum Gasteiger partial charge on any atom is -0.375 e. The second kappa shape index (κ2) is 4.74. The molecule has 0 aliphatic rings. The van der Waals surface area contributed by atoms with Crippen LogP contribution in [0, 0.1) is 18.6 Å². The van der Waals surface area contributed by atoms with Gasteiger partial charge in [0.1, 0.15) is 11.6 Å². The van der Waals surface area contributed by atoms with Crippen LogP contribution in [0.25, 0.3) is 0 Å². The molecule has 0 amide bonds. The van der Waals surface area contributed by atoms with Crippen molar-refractivity contribution < 1.29 is 17.2 Å². The van der Waals surface area contributed by atoms with Gasteiger partial charge < -0.3 is 5.73 Å². The zero-order valence-corrected chi connectivity index (χ0v) is 11.3. The van der Waals surface area contributed by atoms with E-state index in [9.17, 15) is 17.2 Å². The number of nitrogens with zero attached hydrogens (tertiary/aromatic N) is 1. The molecule has 1 aromatic carbocycles. The number of aryl methyl sites for hydroxylation is 1. The van der Waals surface area contributed by atoms with Crippen LogP contribution in [0.3, 0.4) is 0 Å². The van der Waals surface area contributed by atoms with Gasteiger partial charge >= 0.3 is 0 Å². The third-order valence-electron chi connectivity index (χ3n) is 2.19. The van der Waals surface area contributed by atoms with Gasteiger partial charge in [-0.2, -0.15) is 0 Å². The molecule has 0 saturated heterocycles. The fraction of sp³-hybridized carbons (Fsp3) is 0.100. The zero-order chi connectivity index (χ0) is 14.2. The third-order valence-corrected chi connectivity index (χ3v) is 5.15. The summed E-state index contributed by atoms with van der Waals surface area (Å²) >= 11 is 0.769. The lowest BCUT2D eigenvalue weighted by molar-refractivity contribution is 0.583. The number of nitrogens with two attached hydrogens (primary N) is 1. The number of anilines is 2. The molecule has 0 atom stereocenters. The number of hydrogen-bond donors (Lipinski definition) is 2. The molecular formula is C10H9F2N3O2S2. The highest BCUT2D eigenvalue weighted by Crippen LogP contribution is 2.27. The van der Waals surface area contributed by atoms with Gasteiger partial charge in [-0.3, -0.25) is 4.72 Å². The van der Waals surface area contributed by atoms with E-state index in [0.29, 0.717) is 6.07 Å². The van der Waals surface area contributed by atoms with E-state index in [-0.39, 0.29) is 20.7 Å². The minimum absolute atomic E-state index is 0.0949. The highest BCUT2D eigenvalue weighted by Gasteiger charge is 2.22. The number of thiazole rings is 1. The number of benzene rings is 1. The molecule has 2 aromatic rings. The predicted octanol–water partition coefficient (Wildman–Crippen LogP) is 2.11. The SMILES string of the molecule is Cc1nc(N)sc1S(=O)(=O)Nc1ccc(F)cc1F. The Kier molecular flexibility index (Phi) is 3.42. The van der Waals surface area contributed by atoms with Crippen molar-refractivity contribution in [3.63, 3.8) is 0 Å². The monoisotopic (exact) mass is 305 g/mol. The Morgan fingerprint density at radius 2 is 2.05 bits per heavy atom. The Morgan fingerprint density at radius 3 is 2.58 bits per heavy atom. The van der Waals surface area contributed by atoms with Crippen LogP contribution in [0.4, 0.5) is 19.6 Å². The molecular weight excluding hydrogens is 296 g/mol. The molecule has 0 saturated carbocycles. The number of aromatic nitrogens is 1. The quantitative estimate of drug-likeness (QED) is 0.909. The predicted molar refractivity (Wildman–Crippen MR) is 68.4 cm³/mol. The van der Waals surface area contributed by atoms with Gasteiger partial charge in [0, 0.05) is 6.07 Å². The Morgan fingerprint density at radius 1 is 1.37 bits per heavy atom. The Balaban J connectivity index is 2.39. The highest BCUT2D eigenvalue weighted by atomic mass is 32.2. The van der Waals surface area contributed by atoms with Gasteiger partial charge in [0.15, 0.2) is 9.34 Å². The van der Waals surface area contributed by atoms with E-state index < -0.39 is 21.7 Å². The van der Waals surface area contributed by atoms with Gasteiger partial charge in [-0.25, -0.2) is 22.2 Å². The van der Waals surface area contributed by atoms with Crippen molar-refractivity contribution in [1.29, 1.82) is 0 Å². The minimum atomic E-state index is -3.99. The van der Waals surface area contributed by atoms with Crippen LogP contribution in [0.5, 0.6) is 0 Å². The van der Waals surface area contributed by atoms with Crippen molar-refractivity contribution >= 4 is 32.2 Å². The van der Waals surface area contributed by atoms with Crippen LogP contribution in [-0.4, -0.2) is 13.4 Å². The molecule has 0 aliphatic carbocycles. The van der Waals surface area contributed by atoms with Crippen molar-refractivity contribution in [3.8, 4) is 0 Å². The molecule has 2 rings (SSSR count). The molecule has 1 aromatic heterocycles. The first-order valence-corrected chi connectivity index (χ1v) is 7.30. The second-order valence-corrected chi connectivity index (χ2v) is 6.56. The molecule has 102 valence electrons. The molecule has 0 radical (unpaired) electrons. The first-order valence-electron chi connectivity index (χ1n) is 5.00. The zero-order valence-electron chi connectivity index (χ0n) is 9.65. The number of hydrogen-bond acceptors (Lipinski definition) is 5. The summed E-state index contributed by atoms with van der Waals surface area (Å²) in [4.78, 5) is 3.78. The maximum Gasteiger partial charge on any atom is 0.273 e. The van der Waals surface area contributed by atoms with Gasteiger partial charge in [-0.05, 0) is 19.1 Å². The summed E-state index contributed by atoms with van der Waals surface area (Å²) in [6, 6.07) is 2.54. The summed E-state index contributed by atoms with van der Waals surface area (Å²) in [5.41, 5.74) is 5.29. The van der Waals surface area contributed by atoms with E-state index in [0.717, 1.165) is 23.5 Å². The average Bonchev–Trinajstić information content (AvgIpc) is 2.63. The first-order chi connectivity index (χ1) is 8.79. The van der Waals surface area contributed by atoms with Gasteiger partial charge in [-0.15, -0.1) is 0 Å². The molecule has 0 unspecified atom stereocenters. The summed E-state index contributed by atoms with van der Waals surface area (Å²) in [5, 5.41) is 0.0949. The average molecular weight is 305 g/mol. The summed E-state index contributed by atoms with van der Waals surface area (Å²) < 4.78 is 52.1. The van der Waals surface area contributed by atoms with Crippen LogP contribution >= 0.6 is 11.3 Å². The van der Waals surface area contributed by atoms with Gasteiger partial charge in [0.25, 0.3) is 10.0 Å². The summed E-state index contributed by atoms with van der Waals surface area (Å²) in [6.07, 6.45) is 0. The molecule has 5 nitrogen and oxygen atoms in total. The van der Waals surface area contributed by atoms with E-state index in [4.69, 9.17) is 5.73 Å². The van der Waals surface area contributed by atoms with Gasteiger partial charge in [-0.1, -0.05) is 11.3 Å². The molecule has 19 heavy (non-hydrogen) atoms. The Labute approximate surface area is 112 Å². The van der Waals surface area contributed by atoms with Crippen molar-refractivity contribution in [3.05, 3.63) is 35.5 Å². The molecule has 3 N–H and O–H groups in total. The van der Waals surface area contributed by atoms with Crippen molar-refractivity contribution in [2.24, 2.45) is 0 Å². The maximum atomic E-state index is 13.4. The second-order valence-electron chi connectivity index (χ2n) is 3.65. The fourth-order valence-corrected chi connectivity index (χ4v) is 3.78. The van der Waals surface area contributed by atoms with E-state index in [1.54, 1.807) is 0 Å². The molecule has 1 heterocycles. The van der Waals surface area contributed by atoms with Crippen molar-refractivity contribution in [1.82, 2.24) is 4.98 Å². The fourth-order valence-electron chi connectivity index (χ4n) is 1.42. The third kappa shape index (κ3) is 2.82. The van der Waals surface area contributed by atoms with Crippen LogP contribution in [-0.2, 0) is 10.0 Å². The maximum absolute atomic E-state index is 13.4. The Hall–Kier alpha value is -1.74. The van der Waals surface area contributed by atoms with E-state index in [1.807, 2.05) is 4.72 Å². The Bertz CT molecular complexity index is 728. The summed E-state index contributed by atoms with van der Waals surface area (Å²) in [6.45, 7) is 1.47. The summed E-state index contributed by atoms with van der Waals surface area (Å²) in [7, 11) is -3.99. The molecule has 0 bridgehead atoms. The normalized spacial score (nSPS) is 11.5. The smallest absolute Gasteiger partial charge is 0.273 e. The molecule has 0 spiro atoms.